The fraction of sp³-hybridized carbons (Fsp3) is 0. The van der Waals surface area contributed by atoms with Crippen molar-refractivity contribution in [3.8, 4) is 17.1 Å². The molecule has 0 aliphatic rings. The van der Waals surface area contributed by atoms with Crippen molar-refractivity contribution >= 4 is 22.7 Å². The molecule has 0 aliphatic heterocycles. The van der Waals surface area contributed by atoms with E-state index in [0.717, 1.165) is 33.8 Å². The molecule has 122 valence electrons. The van der Waals surface area contributed by atoms with Crippen molar-refractivity contribution in [3.05, 3.63) is 78.9 Å². The lowest BCUT2D eigenvalue weighted by Crippen LogP contribution is -2.20. The van der Waals surface area contributed by atoms with Crippen molar-refractivity contribution in [1.82, 2.24) is 9.55 Å². The van der Waals surface area contributed by atoms with Gasteiger partial charge in [-0.05, 0) is 48.5 Å². The summed E-state index contributed by atoms with van der Waals surface area (Å²) in [5.74, 6) is 0.797. The van der Waals surface area contributed by atoms with Gasteiger partial charge in [-0.2, -0.15) is 0 Å². The lowest BCUT2D eigenvalue weighted by molar-refractivity contribution is 1.10. The molecular formula is C20H17N5. The molecule has 0 saturated heterocycles. The highest BCUT2D eigenvalue weighted by molar-refractivity contribution is 5.90. The standard InChI is InChI=1S/C20H17N5/c21-20(22)23-15-12-10-14(11-13-15)19-24-17-8-4-5-9-18(17)25(19)16-6-2-1-3-7-16/h1-13H,(H4,21,22,23). The molecule has 5 heteroatoms. The van der Waals surface area contributed by atoms with E-state index in [2.05, 4.69) is 28.1 Å². The zero-order chi connectivity index (χ0) is 17.2. The van der Waals surface area contributed by atoms with Crippen molar-refractivity contribution < 1.29 is 0 Å². The average Bonchev–Trinajstić information content (AvgIpc) is 3.02. The van der Waals surface area contributed by atoms with Crippen molar-refractivity contribution in [2.24, 2.45) is 5.73 Å². The summed E-state index contributed by atoms with van der Waals surface area (Å²) >= 11 is 0. The van der Waals surface area contributed by atoms with E-state index in [1.807, 2.05) is 60.7 Å². The number of fused-ring (bicyclic) bond motifs is 1. The summed E-state index contributed by atoms with van der Waals surface area (Å²) in [6.07, 6.45) is 0. The average molecular weight is 327 g/mol. The molecule has 4 rings (SSSR count). The largest absolute Gasteiger partial charge is 0.370 e. The normalized spacial score (nSPS) is 10.7. The third kappa shape index (κ3) is 2.83. The molecule has 0 amide bonds. The Labute approximate surface area is 145 Å². The number of imidazole rings is 1. The summed E-state index contributed by atoms with van der Waals surface area (Å²) < 4.78 is 2.16. The predicted molar refractivity (Wildman–Crippen MR) is 102 cm³/mol. The van der Waals surface area contributed by atoms with Gasteiger partial charge in [-0.25, -0.2) is 4.98 Å². The Morgan fingerprint density at radius 3 is 2.28 bits per heavy atom. The quantitative estimate of drug-likeness (QED) is 0.393. The van der Waals surface area contributed by atoms with Gasteiger partial charge in [-0.15, -0.1) is 0 Å². The summed E-state index contributed by atoms with van der Waals surface area (Å²) in [5.41, 5.74) is 10.2. The van der Waals surface area contributed by atoms with Gasteiger partial charge in [-0.1, -0.05) is 30.3 Å². The molecule has 4 aromatic rings. The van der Waals surface area contributed by atoms with Crippen LogP contribution < -0.4 is 11.1 Å². The molecule has 3 aromatic carbocycles. The summed E-state index contributed by atoms with van der Waals surface area (Å²) in [6.45, 7) is 0. The Bertz CT molecular complexity index is 1030. The van der Waals surface area contributed by atoms with E-state index in [-0.39, 0.29) is 5.96 Å². The van der Waals surface area contributed by atoms with Crippen molar-refractivity contribution in [2.45, 2.75) is 0 Å². The van der Waals surface area contributed by atoms with E-state index < -0.39 is 0 Å². The van der Waals surface area contributed by atoms with Crippen LogP contribution in [-0.4, -0.2) is 15.5 Å². The highest BCUT2D eigenvalue weighted by Gasteiger charge is 2.13. The number of anilines is 1. The van der Waals surface area contributed by atoms with Gasteiger partial charge in [0.2, 0.25) is 0 Å². The van der Waals surface area contributed by atoms with Crippen LogP contribution in [0.4, 0.5) is 5.69 Å². The van der Waals surface area contributed by atoms with Crippen LogP contribution in [0.2, 0.25) is 0 Å². The number of hydrogen-bond acceptors (Lipinski definition) is 2. The van der Waals surface area contributed by atoms with Crippen LogP contribution in [-0.2, 0) is 0 Å². The van der Waals surface area contributed by atoms with E-state index >= 15 is 0 Å². The van der Waals surface area contributed by atoms with Gasteiger partial charge in [0.15, 0.2) is 5.96 Å². The number of aromatic nitrogens is 2. The number of nitrogens with two attached hydrogens (primary N) is 1. The lowest BCUT2D eigenvalue weighted by atomic mass is 10.2. The second-order valence-electron chi connectivity index (χ2n) is 5.71. The maximum Gasteiger partial charge on any atom is 0.190 e. The smallest absolute Gasteiger partial charge is 0.190 e. The number of para-hydroxylation sites is 3. The van der Waals surface area contributed by atoms with Crippen molar-refractivity contribution in [1.29, 1.82) is 5.41 Å². The molecule has 0 bridgehead atoms. The fourth-order valence-electron chi connectivity index (χ4n) is 2.92. The second-order valence-corrected chi connectivity index (χ2v) is 5.71. The summed E-state index contributed by atoms with van der Waals surface area (Å²) in [6, 6.07) is 26.0. The molecule has 0 aliphatic carbocycles. The molecule has 5 nitrogen and oxygen atoms in total. The van der Waals surface area contributed by atoms with Crippen LogP contribution in [0.1, 0.15) is 0 Å². The van der Waals surface area contributed by atoms with E-state index in [9.17, 15) is 0 Å². The number of nitrogens with one attached hydrogen (secondary N) is 2. The molecule has 0 spiro atoms. The number of hydrogen-bond donors (Lipinski definition) is 3. The van der Waals surface area contributed by atoms with E-state index in [0.29, 0.717) is 0 Å². The molecule has 0 unspecified atom stereocenters. The first kappa shape index (κ1) is 15.0. The van der Waals surface area contributed by atoms with Crippen molar-refractivity contribution in [3.63, 3.8) is 0 Å². The van der Waals surface area contributed by atoms with Gasteiger partial charge >= 0.3 is 0 Å². The Morgan fingerprint density at radius 1 is 0.880 bits per heavy atom. The molecule has 0 atom stereocenters. The number of rotatable bonds is 3. The minimum absolute atomic E-state index is 0.0794. The molecule has 1 heterocycles. The SMILES string of the molecule is N=C(N)Nc1ccc(-c2nc3ccccc3n2-c2ccccc2)cc1. The molecule has 4 N–H and O–H groups in total. The first-order valence-corrected chi connectivity index (χ1v) is 7.97. The number of nitrogens with zero attached hydrogens (tertiary/aromatic N) is 2. The number of benzene rings is 3. The molecule has 25 heavy (non-hydrogen) atoms. The predicted octanol–water partition coefficient (Wildman–Crippen LogP) is 4.00. The van der Waals surface area contributed by atoms with Gasteiger partial charge in [0.25, 0.3) is 0 Å². The van der Waals surface area contributed by atoms with E-state index in [4.69, 9.17) is 16.1 Å². The van der Waals surface area contributed by atoms with Crippen LogP contribution in [0, 0.1) is 5.41 Å². The Kier molecular flexibility index (Phi) is 3.67. The monoisotopic (exact) mass is 327 g/mol. The summed E-state index contributed by atoms with van der Waals surface area (Å²) in [7, 11) is 0. The lowest BCUT2D eigenvalue weighted by Gasteiger charge is -2.10. The van der Waals surface area contributed by atoms with Crippen LogP contribution >= 0.6 is 0 Å². The molecule has 0 fully saturated rings. The van der Waals surface area contributed by atoms with E-state index in [1.54, 1.807) is 0 Å². The minimum atomic E-state index is -0.0794. The third-order valence-electron chi connectivity index (χ3n) is 4.00. The van der Waals surface area contributed by atoms with Gasteiger partial charge < -0.3 is 11.1 Å². The first-order valence-electron chi connectivity index (χ1n) is 7.97. The topological polar surface area (TPSA) is 79.7 Å². The zero-order valence-electron chi connectivity index (χ0n) is 13.5. The van der Waals surface area contributed by atoms with Crippen LogP contribution in [0.5, 0.6) is 0 Å². The number of guanidine groups is 1. The molecule has 1 aromatic heterocycles. The Hall–Kier alpha value is -3.60. The fourth-order valence-corrected chi connectivity index (χ4v) is 2.92. The van der Waals surface area contributed by atoms with Crippen LogP contribution in [0.25, 0.3) is 28.1 Å². The minimum Gasteiger partial charge on any atom is -0.370 e. The van der Waals surface area contributed by atoms with Gasteiger partial charge in [0, 0.05) is 16.9 Å². The van der Waals surface area contributed by atoms with Crippen molar-refractivity contribution in [2.75, 3.05) is 5.32 Å². The van der Waals surface area contributed by atoms with Crippen LogP contribution in [0.3, 0.4) is 0 Å². The van der Waals surface area contributed by atoms with Gasteiger partial charge in [0.1, 0.15) is 5.82 Å². The molecular weight excluding hydrogens is 310 g/mol. The molecule has 0 radical (unpaired) electrons. The highest BCUT2D eigenvalue weighted by atomic mass is 15.1. The van der Waals surface area contributed by atoms with E-state index in [1.165, 1.54) is 0 Å². The Balaban J connectivity index is 1.88. The summed E-state index contributed by atoms with van der Waals surface area (Å²) in [5, 5.41) is 10.1. The highest BCUT2D eigenvalue weighted by Crippen LogP contribution is 2.29. The second kappa shape index (κ2) is 6.13. The van der Waals surface area contributed by atoms with Gasteiger partial charge in [0.05, 0.1) is 11.0 Å². The summed E-state index contributed by atoms with van der Waals surface area (Å²) in [4.78, 5) is 4.83. The van der Waals surface area contributed by atoms with Crippen LogP contribution in [0.15, 0.2) is 78.9 Å². The zero-order valence-corrected chi connectivity index (χ0v) is 13.5. The molecule has 0 saturated carbocycles. The third-order valence-corrected chi connectivity index (χ3v) is 4.00. The maximum absolute atomic E-state index is 7.32. The Morgan fingerprint density at radius 2 is 1.56 bits per heavy atom. The first-order chi connectivity index (χ1) is 12.2. The van der Waals surface area contributed by atoms with Gasteiger partial charge in [-0.3, -0.25) is 9.98 Å². The maximum atomic E-state index is 7.32.